The zero-order valence-electron chi connectivity index (χ0n) is 23.4. The molecule has 2 aliphatic rings. The first-order valence-corrected chi connectivity index (χ1v) is 15.1. The van der Waals surface area contributed by atoms with Gasteiger partial charge in [0, 0.05) is 24.2 Å². The molecule has 1 atom stereocenters. The van der Waals surface area contributed by atoms with E-state index in [1.807, 2.05) is 25.1 Å². The van der Waals surface area contributed by atoms with Crippen molar-refractivity contribution in [3.05, 3.63) is 70.1 Å². The first-order chi connectivity index (χ1) is 20.3. The van der Waals surface area contributed by atoms with Crippen molar-refractivity contribution in [2.75, 3.05) is 31.4 Å². The molecule has 1 amide bonds. The zero-order chi connectivity index (χ0) is 29.8. The Balaban J connectivity index is 1.27. The second-order valence-electron chi connectivity index (χ2n) is 9.69. The Morgan fingerprint density at radius 3 is 2.76 bits per heavy atom. The van der Waals surface area contributed by atoms with Crippen LogP contribution in [0.5, 0.6) is 11.5 Å². The van der Waals surface area contributed by atoms with E-state index in [-0.39, 0.29) is 28.8 Å². The number of nitriles is 1. The van der Waals surface area contributed by atoms with E-state index in [0.717, 1.165) is 5.56 Å². The maximum absolute atomic E-state index is 13.2. The van der Waals surface area contributed by atoms with E-state index in [4.69, 9.17) is 19.6 Å². The summed E-state index contributed by atoms with van der Waals surface area (Å²) < 4.78 is 17.0. The summed E-state index contributed by atoms with van der Waals surface area (Å²) >= 11 is 2.51. The molecule has 2 aromatic heterocycles. The Kier molecular flexibility index (Phi) is 8.84. The molecule has 0 fully saturated rings. The number of benzene rings is 1. The Labute approximate surface area is 251 Å². The average Bonchev–Trinajstić information content (AvgIpc) is 3.64. The number of aromatic nitrogens is 2. The summed E-state index contributed by atoms with van der Waals surface area (Å²) in [5.41, 5.74) is 9.04. The van der Waals surface area contributed by atoms with Crippen LogP contribution in [0, 0.1) is 18.3 Å². The molecule has 218 valence electrons. The van der Waals surface area contributed by atoms with Gasteiger partial charge >= 0.3 is 0 Å². The van der Waals surface area contributed by atoms with E-state index in [2.05, 4.69) is 21.6 Å². The Morgan fingerprint density at radius 1 is 1.24 bits per heavy atom. The van der Waals surface area contributed by atoms with Crippen LogP contribution in [0.4, 0.5) is 5.13 Å². The number of rotatable bonds is 10. The van der Waals surface area contributed by atoms with Crippen LogP contribution in [0.15, 0.2) is 61.8 Å². The van der Waals surface area contributed by atoms with Crippen LogP contribution >= 0.6 is 23.1 Å². The van der Waals surface area contributed by atoms with E-state index < -0.39 is 5.92 Å². The van der Waals surface area contributed by atoms with Gasteiger partial charge in [-0.1, -0.05) is 29.2 Å². The predicted molar refractivity (Wildman–Crippen MR) is 158 cm³/mol. The Hall–Kier alpha value is -4.28. The van der Waals surface area contributed by atoms with Crippen LogP contribution < -0.4 is 25.4 Å². The van der Waals surface area contributed by atoms with Crippen LogP contribution in [-0.4, -0.2) is 48.4 Å². The number of ether oxygens (including phenoxy) is 2. The Morgan fingerprint density at radius 2 is 2.05 bits per heavy atom. The highest BCUT2D eigenvalue weighted by Gasteiger charge is 2.42. The molecular formula is C29H30N6O5S2. The quantitative estimate of drug-likeness (QED) is 0.319. The molecule has 0 saturated heterocycles. The van der Waals surface area contributed by atoms with Gasteiger partial charge in [0.25, 0.3) is 0 Å². The summed E-state index contributed by atoms with van der Waals surface area (Å²) in [5, 5.41) is 22.0. The van der Waals surface area contributed by atoms with Crippen molar-refractivity contribution in [3.63, 3.8) is 0 Å². The number of methoxy groups -OCH3 is 2. The van der Waals surface area contributed by atoms with Gasteiger partial charge in [-0.05, 0) is 56.0 Å². The Bertz CT molecular complexity index is 1620. The number of hydrogen-bond donors (Lipinski definition) is 2. The van der Waals surface area contributed by atoms with Crippen LogP contribution in [0.1, 0.15) is 42.3 Å². The number of aryl methyl sites for hydroxylation is 1. The lowest BCUT2D eigenvalue weighted by molar-refractivity contribution is -0.118. The zero-order valence-corrected chi connectivity index (χ0v) is 25.1. The highest BCUT2D eigenvalue weighted by Crippen LogP contribution is 2.47. The van der Waals surface area contributed by atoms with Gasteiger partial charge in [-0.3, -0.25) is 14.5 Å². The van der Waals surface area contributed by atoms with Gasteiger partial charge < -0.3 is 24.9 Å². The second kappa shape index (κ2) is 12.7. The maximum Gasteiger partial charge on any atom is 0.230 e. The molecule has 5 rings (SSSR count). The smallest absolute Gasteiger partial charge is 0.230 e. The number of amides is 1. The number of furan rings is 1. The second-order valence-corrected chi connectivity index (χ2v) is 11.9. The molecule has 1 aliphatic heterocycles. The monoisotopic (exact) mass is 606 g/mol. The minimum Gasteiger partial charge on any atom is -0.493 e. The summed E-state index contributed by atoms with van der Waals surface area (Å²) in [7, 11) is 3.17. The lowest BCUT2D eigenvalue weighted by Gasteiger charge is -2.37. The molecule has 1 unspecified atom stereocenters. The average molecular weight is 607 g/mol. The van der Waals surface area contributed by atoms with E-state index in [1.165, 1.54) is 23.1 Å². The number of nitrogens with zero attached hydrogens (tertiary/aromatic N) is 4. The number of anilines is 1. The minimum absolute atomic E-state index is 0.0376. The van der Waals surface area contributed by atoms with Crippen LogP contribution in [0.25, 0.3) is 0 Å². The number of nitrogens with two attached hydrogens (primary N) is 1. The van der Waals surface area contributed by atoms with Crippen molar-refractivity contribution in [3.8, 4) is 17.6 Å². The molecule has 11 nitrogen and oxygen atoms in total. The molecule has 0 saturated carbocycles. The van der Waals surface area contributed by atoms with Gasteiger partial charge in [0.1, 0.15) is 17.3 Å². The maximum atomic E-state index is 13.2. The van der Waals surface area contributed by atoms with E-state index in [1.54, 1.807) is 31.3 Å². The standard InChI is InChI=1S/C29H30N6O5S2/c1-16-7-9-22(40-16)25-18(14-30)27(31)35(19-5-4-6-20(36)26(19)25)28-33-34-29(42-28)41-15-24(37)32-12-11-17-8-10-21(38-2)23(13-17)39-3/h7-10,13,25H,4-6,11-12,15,31H2,1-3H3,(H,32,37). The number of carbonyl (C=O) groups excluding carboxylic acids is 2. The molecule has 13 heteroatoms. The van der Waals surface area contributed by atoms with Crippen LogP contribution in [-0.2, 0) is 16.0 Å². The van der Waals surface area contributed by atoms with Crippen molar-refractivity contribution >= 4 is 39.9 Å². The molecular weight excluding hydrogens is 576 g/mol. The molecule has 3 heterocycles. The molecule has 1 aromatic carbocycles. The van der Waals surface area contributed by atoms with Crippen molar-refractivity contribution in [2.45, 2.75) is 42.9 Å². The molecule has 3 aromatic rings. The van der Waals surface area contributed by atoms with E-state index >= 15 is 0 Å². The third kappa shape index (κ3) is 5.86. The van der Waals surface area contributed by atoms with Crippen molar-refractivity contribution < 1.29 is 23.5 Å². The van der Waals surface area contributed by atoms with Crippen molar-refractivity contribution in [2.24, 2.45) is 5.73 Å². The fourth-order valence-electron chi connectivity index (χ4n) is 5.11. The van der Waals surface area contributed by atoms with Crippen LogP contribution in [0.2, 0.25) is 0 Å². The third-order valence-electron chi connectivity index (χ3n) is 7.06. The van der Waals surface area contributed by atoms with Gasteiger partial charge in [0.05, 0.1) is 37.5 Å². The number of allylic oxidation sites excluding steroid dienone is 3. The normalized spacial score (nSPS) is 16.8. The molecule has 3 N–H and O–H groups in total. The molecule has 0 spiro atoms. The van der Waals surface area contributed by atoms with Gasteiger partial charge in [-0.25, -0.2) is 0 Å². The number of thioether (sulfide) groups is 1. The number of ketones is 1. The van der Waals surface area contributed by atoms with Crippen molar-refractivity contribution in [1.82, 2.24) is 15.5 Å². The van der Waals surface area contributed by atoms with Gasteiger partial charge in [-0.2, -0.15) is 5.26 Å². The molecule has 42 heavy (non-hydrogen) atoms. The predicted octanol–water partition coefficient (Wildman–Crippen LogP) is 4.21. The van der Waals surface area contributed by atoms with Gasteiger partial charge in [0.15, 0.2) is 21.6 Å². The van der Waals surface area contributed by atoms with Crippen LogP contribution in [0.3, 0.4) is 0 Å². The number of hydrogen-bond acceptors (Lipinski definition) is 12. The lowest BCUT2D eigenvalue weighted by Crippen LogP contribution is -2.38. The number of nitrogens with one attached hydrogen (secondary N) is 1. The third-order valence-corrected chi connectivity index (χ3v) is 9.10. The first-order valence-electron chi connectivity index (χ1n) is 13.3. The fourth-order valence-corrected chi connectivity index (χ4v) is 6.82. The summed E-state index contributed by atoms with van der Waals surface area (Å²) in [5.74, 6) is 2.01. The van der Waals surface area contributed by atoms with Gasteiger partial charge in [-0.15, -0.1) is 10.2 Å². The molecule has 1 aliphatic carbocycles. The summed E-state index contributed by atoms with van der Waals surface area (Å²) in [6, 6.07) is 11.5. The van der Waals surface area contributed by atoms with E-state index in [9.17, 15) is 14.9 Å². The SMILES string of the molecule is COc1ccc(CCNC(=O)CSc2nnc(N3C(N)=C(C#N)C(c4ccc(C)o4)C4=C3CCCC4=O)s2)cc1OC. The topological polar surface area (TPSA) is 157 Å². The summed E-state index contributed by atoms with van der Waals surface area (Å²) in [4.78, 5) is 27.4. The first kappa shape index (κ1) is 29.2. The molecule has 0 bridgehead atoms. The highest BCUT2D eigenvalue weighted by atomic mass is 32.2. The lowest BCUT2D eigenvalue weighted by atomic mass is 9.78. The molecule has 0 radical (unpaired) electrons. The summed E-state index contributed by atoms with van der Waals surface area (Å²) in [6.45, 7) is 2.28. The largest absolute Gasteiger partial charge is 0.493 e. The minimum atomic E-state index is -0.660. The fraction of sp³-hybridized carbons (Fsp3) is 0.345. The van der Waals surface area contributed by atoms with Gasteiger partial charge in [0.2, 0.25) is 11.0 Å². The highest BCUT2D eigenvalue weighted by molar-refractivity contribution is 8.01. The summed E-state index contributed by atoms with van der Waals surface area (Å²) in [6.07, 6.45) is 2.29. The van der Waals surface area contributed by atoms with E-state index in [0.29, 0.717) is 76.0 Å². The number of carbonyl (C=O) groups is 2. The number of Topliss-reactive ketones (excluding diaryl/α,β-unsaturated/α-hetero) is 1. The van der Waals surface area contributed by atoms with Crippen molar-refractivity contribution in [1.29, 1.82) is 5.26 Å².